The third kappa shape index (κ3) is 4.79. The summed E-state index contributed by atoms with van der Waals surface area (Å²) in [5.41, 5.74) is 0. The summed E-state index contributed by atoms with van der Waals surface area (Å²) in [5, 5.41) is 3.15. The van der Waals surface area contributed by atoms with Gasteiger partial charge in [-0.1, -0.05) is 13.8 Å². The maximum absolute atomic E-state index is 10.8. The minimum atomic E-state index is -0.145. The van der Waals surface area contributed by atoms with E-state index in [1.807, 2.05) is 6.92 Å². The van der Waals surface area contributed by atoms with Gasteiger partial charge in [-0.05, 0) is 13.0 Å². The number of methoxy groups -OCH3 is 1. The van der Waals surface area contributed by atoms with Crippen LogP contribution < -0.4 is 5.32 Å². The summed E-state index contributed by atoms with van der Waals surface area (Å²) in [6, 6.07) is 0. The van der Waals surface area contributed by atoms with E-state index in [1.54, 1.807) is 0 Å². The van der Waals surface area contributed by atoms with Crippen LogP contribution in [0.25, 0.3) is 0 Å². The summed E-state index contributed by atoms with van der Waals surface area (Å²) in [5.74, 6) is -0.180. The van der Waals surface area contributed by atoms with E-state index in [1.165, 1.54) is 7.11 Å². The Morgan fingerprint density at radius 3 is 2.73 bits per heavy atom. The highest BCUT2D eigenvalue weighted by Crippen LogP contribution is 1.94. The Hall–Kier alpha value is -0.570. The van der Waals surface area contributed by atoms with Crippen molar-refractivity contribution in [1.29, 1.82) is 0 Å². The molecule has 0 heterocycles. The van der Waals surface area contributed by atoms with Gasteiger partial charge in [0.2, 0.25) is 0 Å². The Labute approximate surface area is 68.1 Å². The molecule has 3 nitrogen and oxygen atoms in total. The van der Waals surface area contributed by atoms with Crippen LogP contribution in [-0.4, -0.2) is 26.2 Å². The van der Waals surface area contributed by atoms with Gasteiger partial charge in [-0.25, -0.2) is 0 Å². The van der Waals surface area contributed by atoms with Gasteiger partial charge in [0.1, 0.15) is 0 Å². The van der Waals surface area contributed by atoms with Crippen molar-refractivity contribution >= 4 is 5.97 Å². The van der Waals surface area contributed by atoms with Crippen LogP contribution >= 0.6 is 0 Å². The maximum atomic E-state index is 10.8. The van der Waals surface area contributed by atoms with Crippen LogP contribution in [0, 0.1) is 5.92 Å². The van der Waals surface area contributed by atoms with Gasteiger partial charge in [-0.3, -0.25) is 4.79 Å². The Balaban J connectivity index is 3.36. The van der Waals surface area contributed by atoms with Gasteiger partial charge in [-0.2, -0.15) is 0 Å². The SMILES string of the molecule is CCCNC[C@H](C)C(=O)OC. The average Bonchev–Trinajstić information content (AvgIpc) is 2.03. The van der Waals surface area contributed by atoms with E-state index < -0.39 is 0 Å². The largest absolute Gasteiger partial charge is 0.469 e. The summed E-state index contributed by atoms with van der Waals surface area (Å²) >= 11 is 0. The molecule has 0 amide bonds. The van der Waals surface area contributed by atoms with Gasteiger partial charge in [0, 0.05) is 6.54 Å². The fourth-order valence-electron chi connectivity index (χ4n) is 0.780. The molecule has 0 saturated carbocycles. The van der Waals surface area contributed by atoms with Crippen molar-refractivity contribution in [3.63, 3.8) is 0 Å². The quantitative estimate of drug-likeness (QED) is 0.476. The number of rotatable bonds is 5. The Kier molecular flexibility index (Phi) is 5.84. The molecule has 1 N–H and O–H groups in total. The molecule has 3 heteroatoms. The lowest BCUT2D eigenvalue weighted by Gasteiger charge is -2.08. The zero-order valence-corrected chi connectivity index (χ0v) is 7.52. The number of carbonyl (C=O) groups is 1. The molecule has 1 atom stereocenters. The Bertz CT molecular complexity index is 115. The number of carbonyl (C=O) groups excluding carboxylic acids is 1. The molecule has 66 valence electrons. The Morgan fingerprint density at radius 1 is 1.64 bits per heavy atom. The van der Waals surface area contributed by atoms with Crippen LogP contribution in [-0.2, 0) is 9.53 Å². The molecule has 0 bridgehead atoms. The predicted octanol–water partition coefficient (Wildman–Crippen LogP) is 0.795. The number of esters is 1. The lowest BCUT2D eigenvalue weighted by molar-refractivity contribution is -0.144. The lowest BCUT2D eigenvalue weighted by Crippen LogP contribution is -2.27. The van der Waals surface area contributed by atoms with Crippen LogP contribution in [0.2, 0.25) is 0 Å². The first-order chi connectivity index (χ1) is 5.22. The van der Waals surface area contributed by atoms with Crippen LogP contribution in [0.5, 0.6) is 0 Å². The summed E-state index contributed by atoms with van der Waals surface area (Å²) in [7, 11) is 1.42. The minimum Gasteiger partial charge on any atom is -0.469 e. The number of ether oxygens (including phenoxy) is 1. The van der Waals surface area contributed by atoms with Gasteiger partial charge in [0.05, 0.1) is 13.0 Å². The molecular formula is C8H17NO2. The molecule has 0 unspecified atom stereocenters. The summed E-state index contributed by atoms with van der Waals surface area (Å²) in [4.78, 5) is 10.8. The Morgan fingerprint density at radius 2 is 2.27 bits per heavy atom. The number of hydrogen-bond acceptors (Lipinski definition) is 3. The molecule has 0 fully saturated rings. The van der Waals surface area contributed by atoms with E-state index in [4.69, 9.17) is 0 Å². The second-order valence-electron chi connectivity index (χ2n) is 2.63. The molecule has 0 spiro atoms. The molecule has 0 rings (SSSR count). The van der Waals surface area contributed by atoms with Crippen LogP contribution in [0.4, 0.5) is 0 Å². The van der Waals surface area contributed by atoms with Crippen LogP contribution in [0.3, 0.4) is 0 Å². The van der Waals surface area contributed by atoms with Crippen molar-refractivity contribution in [3.8, 4) is 0 Å². The van der Waals surface area contributed by atoms with E-state index in [0.717, 1.165) is 13.0 Å². The topological polar surface area (TPSA) is 38.3 Å². The van der Waals surface area contributed by atoms with Crippen molar-refractivity contribution in [1.82, 2.24) is 5.32 Å². The molecule has 0 aliphatic carbocycles. The van der Waals surface area contributed by atoms with Crippen molar-refractivity contribution in [3.05, 3.63) is 0 Å². The third-order valence-corrected chi connectivity index (χ3v) is 1.48. The summed E-state index contributed by atoms with van der Waals surface area (Å²) < 4.78 is 4.56. The summed E-state index contributed by atoms with van der Waals surface area (Å²) in [6.45, 7) is 5.62. The first-order valence-corrected chi connectivity index (χ1v) is 4.00. The highest BCUT2D eigenvalue weighted by atomic mass is 16.5. The number of nitrogens with one attached hydrogen (secondary N) is 1. The van der Waals surface area contributed by atoms with Crippen LogP contribution in [0.1, 0.15) is 20.3 Å². The van der Waals surface area contributed by atoms with Gasteiger partial charge in [-0.15, -0.1) is 0 Å². The van der Waals surface area contributed by atoms with Crippen LogP contribution in [0.15, 0.2) is 0 Å². The van der Waals surface area contributed by atoms with E-state index >= 15 is 0 Å². The predicted molar refractivity (Wildman–Crippen MR) is 44.3 cm³/mol. The fraction of sp³-hybridized carbons (Fsp3) is 0.875. The highest BCUT2D eigenvalue weighted by molar-refractivity contribution is 5.71. The van der Waals surface area contributed by atoms with E-state index in [2.05, 4.69) is 17.0 Å². The fourth-order valence-corrected chi connectivity index (χ4v) is 0.780. The lowest BCUT2D eigenvalue weighted by atomic mass is 10.2. The van der Waals surface area contributed by atoms with E-state index in [9.17, 15) is 4.79 Å². The molecular weight excluding hydrogens is 142 g/mol. The first-order valence-electron chi connectivity index (χ1n) is 4.00. The monoisotopic (exact) mass is 159 g/mol. The standard InChI is InChI=1S/C8H17NO2/c1-4-5-9-6-7(2)8(10)11-3/h7,9H,4-6H2,1-3H3/t7-/m0/s1. The smallest absolute Gasteiger partial charge is 0.309 e. The average molecular weight is 159 g/mol. The zero-order chi connectivity index (χ0) is 8.69. The summed E-state index contributed by atoms with van der Waals surface area (Å²) in [6.07, 6.45) is 1.09. The maximum Gasteiger partial charge on any atom is 0.309 e. The molecule has 0 aromatic carbocycles. The minimum absolute atomic E-state index is 0.0356. The second-order valence-corrected chi connectivity index (χ2v) is 2.63. The third-order valence-electron chi connectivity index (χ3n) is 1.48. The van der Waals surface area contributed by atoms with Crippen molar-refractivity contribution in [2.75, 3.05) is 20.2 Å². The molecule has 0 aromatic rings. The van der Waals surface area contributed by atoms with Crippen molar-refractivity contribution in [2.45, 2.75) is 20.3 Å². The van der Waals surface area contributed by atoms with Gasteiger partial charge in [0.15, 0.2) is 0 Å². The zero-order valence-electron chi connectivity index (χ0n) is 7.52. The molecule has 0 saturated heterocycles. The normalized spacial score (nSPS) is 12.6. The molecule has 0 aromatic heterocycles. The second kappa shape index (κ2) is 6.16. The van der Waals surface area contributed by atoms with Crippen molar-refractivity contribution in [2.24, 2.45) is 5.92 Å². The van der Waals surface area contributed by atoms with Gasteiger partial charge in [0.25, 0.3) is 0 Å². The van der Waals surface area contributed by atoms with E-state index in [0.29, 0.717) is 6.54 Å². The number of hydrogen-bond donors (Lipinski definition) is 1. The highest BCUT2D eigenvalue weighted by Gasteiger charge is 2.10. The molecule has 0 aliphatic rings. The van der Waals surface area contributed by atoms with Gasteiger partial charge < -0.3 is 10.1 Å². The first kappa shape index (κ1) is 10.4. The van der Waals surface area contributed by atoms with E-state index in [-0.39, 0.29) is 11.9 Å². The van der Waals surface area contributed by atoms with Gasteiger partial charge >= 0.3 is 5.97 Å². The molecule has 0 aliphatic heterocycles. The molecule has 0 radical (unpaired) electrons. The van der Waals surface area contributed by atoms with Crippen molar-refractivity contribution < 1.29 is 9.53 Å². The molecule has 11 heavy (non-hydrogen) atoms.